The molecule has 1 unspecified atom stereocenters. The van der Waals surface area contributed by atoms with Crippen molar-refractivity contribution in [2.75, 3.05) is 6.61 Å². The van der Waals surface area contributed by atoms with Crippen LogP contribution in [0.3, 0.4) is 0 Å². The van der Waals surface area contributed by atoms with Crippen molar-refractivity contribution in [3.8, 4) is 11.5 Å². The zero-order chi connectivity index (χ0) is 22.1. The minimum atomic E-state index is -0.503. The third-order valence-electron chi connectivity index (χ3n) is 3.82. The summed E-state index contributed by atoms with van der Waals surface area (Å²) in [5.41, 5.74) is 5.18. The molecule has 7 nitrogen and oxygen atoms in total. The quantitative estimate of drug-likeness (QED) is 0.382. The lowest BCUT2D eigenvalue weighted by atomic mass is 10.2. The molecule has 0 spiro atoms. The fraction of sp³-hybridized carbons (Fsp3) is 0.250. The summed E-state index contributed by atoms with van der Waals surface area (Å²) in [6, 6.07) is 11.7. The SMILES string of the molecule is CCC(C)Oc1ccc(C(=O)NC(=S)NNC(=O)COc2ccc(Br)cc2Cl)cc1. The Balaban J connectivity index is 1.75. The van der Waals surface area contributed by atoms with E-state index >= 15 is 0 Å². The number of hydrogen-bond acceptors (Lipinski definition) is 5. The van der Waals surface area contributed by atoms with Crippen LogP contribution in [0.25, 0.3) is 0 Å². The van der Waals surface area contributed by atoms with Crippen molar-refractivity contribution in [2.24, 2.45) is 0 Å². The molecule has 2 amide bonds. The second-order valence-electron chi connectivity index (χ2n) is 6.18. The number of carbonyl (C=O) groups is 2. The zero-order valence-electron chi connectivity index (χ0n) is 16.3. The maximum Gasteiger partial charge on any atom is 0.276 e. The Bertz CT molecular complexity index is 911. The van der Waals surface area contributed by atoms with Crippen molar-refractivity contribution < 1.29 is 19.1 Å². The molecule has 0 aliphatic carbocycles. The van der Waals surface area contributed by atoms with E-state index in [0.29, 0.717) is 22.1 Å². The third-order valence-corrected chi connectivity index (χ3v) is 4.82. The van der Waals surface area contributed by atoms with Gasteiger partial charge in [0.2, 0.25) is 0 Å². The maximum absolute atomic E-state index is 12.2. The van der Waals surface area contributed by atoms with E-state index in [4.69, 9.17) is 33.3 Å². The molecule has 0 fully saturated rings. The first kappa shape index (κ1) is 23.9. The fourth-order valence-corrected chi connectivity index (χ4v) is 2.98. The molecule has 0 aromatic heterocycles. The van der Waals surface area contributed by atoms with Gasteiger partial charge in [0.05, 0.1) is 11.1 Å². The summed E-state index contributed by atoms with van der Waals surface area (Å²) in [6.45, 7) is 3.71. The van der Waals surface area contributed by atoms with Crippen molar-refractivity contribution in [3.05, 3.63) is 57.5 Å². The minimum Gasteiger partial charge on any atom is -0.491 e. The smallest absolute Gasteiger partial charge is 0.276 e. The van der Waals surface area contributed by atoms with Gasteiger partial charge in [0.1, 0.15) is 11.5 Å². The molecule has 0 radical (unpaired) electrons. The van der Waals surface area contributed by atoms with Crippen molar-refractivity contribution in [1.29, 1.82) is 0 Å². The second-order valence-corrected chi connectivity index (χ2v) is 7.91. The molecule has 0 aliphatic heterocycles. The Morgan fingerprint density at radius 3 is 2.50 bits per heavy atom. The molecule has 2 aromatic carbocycles. The first-order valence-corrected chi connectivity index (χ1v) is 10.6. The molecule has 0 saturated heterocycles. The fourth-order valence-electron chi connectivity index (χ4n) is 2.11. The number of carbonyl (C=O) groups excluding carboxylic acids is 2. The Kier molecular flexibility index (Phi) is 9.35. The Hall–Kier alpha value is -2.36. The van der Waals surface area contributed by atoms with E-state index in [-0.39, 0.29) is 17.8 Å². The summed E-state index contributed by atoms with van der Waals surface area (Å²) >= 11 is 14.3. The number of hydrazine groups is 1. The molecule has 0 heterocycles. The van der Waals surface area contributed by atoms with Gasteiger partial charge in [-0.05, 0) is 68.0 Å². The molecule has 2 rings (SSSR count). The number of amides is 2. The van der Waals surface area contributed by atoms with Crippen molar-refractivity contribution in [3.63, 3.8) is 0 Å². The molecule has 30 heavy (non-hydrogen) atoms. The summed E-state index contributed by atoms with van der Waals surface area (Å²) in [6.07, 6.45) is 0.976. The summed E-state index contributed by atoms with van der Waals surface area (Å²) in [4.78, 5) is 24.1. The summed E-state index contributed by atoms with van der Waals surface area (Å²) in [5.74, 6) is 0.123. The minimum absolute atomic E-state index is 0.0602. The zero-order valence-corrected chi connectivity index (χ0v) is 19.5. The molecule has 1 atom stereocenters. The van der Waals surface area contributed by atoms with Crippen LogP contribution in [-0.2, 0) is 4.79 Å². The third kappa shape index (κ3) is 7.81. The van der Waals surface area contributed by atoms with Crippen LogP contribution in [0.2, 0.25) is 5.02 Å². The Morgan fingerprint density at radius 1 is 1.17 bits per heavy atom. The van der Waals surface area contributed by atoms with Gasteiger partial charge in [0.25, 0.3) is 11.8 Å². The van der Waals surface area contributed by atoms with Crippen LogP contribution in [0, 0.1) is 0 Å². The highest BCUT2D eigenvalue weighted by Gasteiger charge is 2.10. The standard InChI is InChI=1S/C20H21BrClN3O4S/c1-3-12(2)29-15-7-4-13(5-8-15)19(27)23-20(30)25-24-18(26)11-28-17-9-6-14(21)10-16(17)22/h4-10,12H,3,11H2,1-2H3,(H,24,26)(H2,23,25,27,30). The summed E-state index contributed by atoms with van der Waals surface area (Å²) in [7, 11) is 0. The average Bonchev–Trinajstić information content (AvgIpc) is 2.72. The average molecular weight is 515 g/mol. The first-order valence-electron chi connectivity index (χ1n) is 9.03. The van der Waals surface area contributed by atoms with Gasteiger partial charge < -0.3 is 9.47 Å². The molecule has 3 N–H and O–H groups in total. The van der Waals surface area contributed by atoms with Crippen molar-refractivity contribution >= 4 is 56.7 Å². The monoisotopic (exact) mass is 513 g/mol. The molecule has 160 valence electrons. The number of halogens is 2. The normalized spacial score (nSPS) is 11.2. The van der Waals surface area contributed by atoms with Gasteiger partial charge in [-0.25, -0.2) is 0 Å². The van der Waals surface area contributed by atoms with Crippen LogP contribution in [0.1, 0.15) is 30.6 Å². The Labute approximate surface area is 193 Å². The van der Waals surface area contributed by atoms with Crippen molar-refractivity contribution in [2.45, 2.75) is 26.4 Å². The predicted molar refractivity (Wildman–Crippen MR) is 123 cm³/mol. The number of thiocarbonyl (C=S) groups is 1. The molecular formula is C20H21BrClN3O4S. The molecule has 10 heteroatoms. The van der Waals surface area contributed by atoms with Crippen molar-refractivity contribution in [1.82, 2.24) is 16.2 Å². The van der Waals surface area contributed by atoms with E-state index in [9.17, 15) is 9.59 Å². The van der Waals surface area contributed by atoms with Gasteiger partial charge in [-0.3, -0.25) is 25.8 Å². The van der Waals surface area contributed by atoms with Crippen LogP contribution >= 0.6 is 39.7 Å². The van der Waals surface area contributed by atoms with Crippen LogP contribution in [-0.4, -0.2) is 29.6 Å². The number of ether oxygens (including phenoxy) is 2. The van der Waals surface area contributed by atoms with E-state index in [1.165, 1.54) is 0 Å². The lowest BCUT2D eigenvalue weighted by Crippen LogP contribution is -2.49. The number of nitrogens with one attached hydrogen (secondary N) is 3. The first-order chi connectivity index (χ1) is 14.3. The van der Waals surface area contributed by atoms with E-state index in [1.54, 1.807) is 42.5 Å². The molecule has 2 aromatic rings. The van der Waals surface area contributed by atoms with Gasteiger partial charge in [0, 0.05) is 10.0 Å². The molecular weight excluding hydrogens is 494 g/mol. The Morgan fingerprint density at radius 2 is 1.87 bits per heavy atom. The highest BCUT2D eigenvalue weighted by atomic mass is 79.9. The highest BCUT2D eigenvalue weighted by Crippen LogP contribution is 2.27. The van der Waals surface area contributed by atoms with E-state index in [2.05, 4.69) is 32.1 Å². The second kappa shape index (κ2) is 11.7. The number of benzene rings is 2. The van der Waals surface area contributed by atoms with Gasteiger partial charge >= 0.3 is 0 Å². The van der Waals surface area contributed by atoms with Gasteiger partial charge in [-0.1, -0.05) is 34.5 Å². The highest BCUT2D eigenvalue weighted by molar-refractivity contribution is 9.10. The lowest BCUT2D eigenvalue weighted by molar-refractivity contribution is -0.123. The van der Waals surface area contributed by atoms with Crippen LogP contribution in [0.4, 0.5) is 0 Å². The molecule has 0 bridgehead atoms. The largest absolute Gasteiger partial charge is 0.491 e. The van der Waals surface area contributed by atoms with Crippen LogP contribution in [0.5, 0.6) is 11.5 Å². The molecule has 0 aliphatic rings. The molecule has 0 saturated carbocycles. The van der Waals surface area contributed by atoms with Gasteiger partial charge in [-0.2, -0.15) is 0 Å². The van der Waals surface area contributed by atoms with Gasteiger partial charge in [0.15, 0.2) is 11.7 Å². The topological polar surface area (TPSA) is 88.7 Å². The van der Waals surface area contributed by atoms with Crippen LogP contribution in [0.15, 0.2) is 46.9 Å². The summed E-state index contributed by atoms with van der Waals surface area (Å²) in [5, 5.41) is 2.78. The van der Waals surface area contributed by atoms with E-state index in [0.717, 1.165) is 10.9 Å². The maximum atomic E-state index is 12.2. The van der Waals surface area contributed by atoms with Gasteiger partial charge in [-0.15, -0.1) is 0 Å². The van der Waals surface area contributed by atoms with E-state index < -0.39 is 11.8 Å². The lowest BCUT2D eigenvalue weighted by Gasteiger charge is -2.13. The predicted octanol–water partition coefficient (Wildman–Crippen LogP) is 3.99. The summed E-state index contributed by atoms with van der Waals surface area (Å²) < 4.78 is 11.8. The van der Waals surface area contributed by atoms with E-state index in [1.807, 2.05) is 13.8 Å². The van der Waals surface area contributed by atoms with Crippen LogP contribution < -0.4 is 25.6 Å². The number of rotatable bonds is 7. The number of hydrogen-bond donors (Lipinski definition) is 3.